The van der Waals surface area contributed by atoms with Crippen LogP contribution < -0.4 is 10.3 Å². The van der Waals surface area contributed by atoms with E-state index >= 15 is 0 Å². The quantitative estimate of drug-likeness (QED) is 0.435. The van der Waals surface area contributed by atoms with Crippen molar-refractivity contribution in [2.75, 3.05) is 4.90 Å². The van der Waals surface area contributed by atoms with Crippen molar-refractivity contribution in [1.82, 2.24) is 10.4 Å². The number of nitrogens with zero attached hydrogens (tertiary/aromatic N) is 2. The van der Waals surface area contributed by atoms with Crippen LogP contribution in [0.25, 0.3) is 0 Å². The lowest BCUT2D eigenvalue weighted by atomic mass is 10.1. The second-order valence-electron chi connectivity index (χ2n) is 8.60. The molecular formula is C27H24ClN3O4. The lowest BCUT2D eigenvalue weighted by Crippen LogP contribution is -2.54. The summed E-state index contributed by atoms with van der Waals surface area (Å²) in [4.78, 5) is 54.2. The number of imide groups is 1. The normalized spacial score (nSPS) is 15.3. The maximum Gasteiger partial charge on any atom is 0.273 e. The van der Waals surface area contributed by atoms with E-state index in [-0.39, 0.29) is 22.6 Å². The summed E-state index contributed by atoms with van der Waals surface area (Å²) in [5.74, 6) is -2.33. The Labute approximate surface area is 208 Å². The molecule has 1 unspecified atom stereocenters. The van der Waals surface area contributed by atoms with Crippen LogP contribution in [0.2, 0.25) is 5.02 Å². The predicted molar refractivity (Wildman–Crippen MR) is 133 cm³/mol. The van der Waals surface area contributed by atoms with Gasteiger partial charge in [0.2, 0.25) is 5.91 Å². The van der Waals surface area contributed by atoms with E-state index in [1.807, 2.05) is 32.9 Å². The van der Waals surface area contributed by atoms with Crippen LogP contribution >= 0.6 is 11.6 Å². The average Bonchev–Trinajstić information content (AvgIpc) is 3.10. The molecule has 3 aromatic carbocycles. The SMILES string of the molecule is Cc1cccc(C(=O)N(NC(=O)c2ccccc2Cl)C2CC(=O)N(c3cc(C)cc(C)c3)C2=O)c1. The van der Waals surface area contributed by atoms with Crippen LogP contribution in [0.5, 0.6) is 0 Å². The zero-order valence-corrected chi connectivity index (χ0v) is 20.3. The molecule has 1 N–H and O–H groups in total. The molecule has 0 aromatic heterocycles. The van der Waals surface area contributed by atoms with Crippen LogP contribution in [0.4, 0.5) is 5.69 Å². The monoisotopic (exact) mass is 489 g/mol. The summed E-state index contributed by atoms with van der Waals surface area (Å²) >= 11 is 6.17. The van der Waals surface area contributed by atoms with Crippen molar-refractivity contribution in [3.63, 3.8) is 0 Å². The van der Waals surface area contributed by atoms with Crippen molar-refractivity contribution in [1.29, 1.82) is 0 Å². The number of carbonyl (C=O) groups is 4. The number of hydrazine groups is 1. The highest BCUT2D eigenvalue weighted by Gasteiger charge is 2.45. The molecule has 3 aromatic rings. The molecular weight excluding hydrogens is 466 g/mol. The van der Waals surface area contributed by atoms with Gasteiger partial charge in [-0.3, -0.25) is 24.6 Å². The largest absolute Gasteiger partial charge is 0.274 e. The van der Waals surface area contributed by atoms with Gasteiger partial charge < -0.3 is 0 Å². The second kappa shape index (κ2) is 9.72. The molecule has 4 rings (SSSR count). The highest BCUT2D eigenvalue weighted by atomic mass is 35.5. The number of rotatable bonds is 4. The van der Waals surface area contributed by atoms with E-state index in [0.29, 0.717) is 5.69 Å². The number of hydrogen-bond acceptors (Lipinski definition) is 4. The summed E-state index contributed by atoms with van der Waals surface area (Å²) in [6.45, 7) is 5.57. The van der Waals surface area contributed by atoms with Crippen LogP contribution in [0.15, 0.2) is 66.7 Å². The van der Waals surface area contributed by atoms with E-state index < -0.39 is 29.7 Å². The van der Waals surface area contributed by atoms with E-state index in [9.17, 15) is 19.2 Å². The fourth-order valence-corrected chi connectivity index (χ4v) is 4.39. The van der Waals surface area contributed by atoms with Gasteiger partial charge in [0, 0.05) is 5.56 Å². The van der Waals surface area contributed by atoms with Gasteiger partial charge in [0.15, 0.2) is 0 Å². The third-order valence-corrected chi connectivity index (χ3v) is 6.05. The Bertz CT molecular complexity index is 1330. The van der Waals surface area contributed by atoms with Gasteiger partial charge >= 0.3 is 0 Å². The van der Waals surface area contributed by atoms with E-state index in [0.717, 1.165) is 26.6 Å². The number of anilines is 1. The Morgan fingerprint density at radius 2 is 1.60 bits per heavy atom. The summed E-state index contributed by atoms with van der Waals surface area (Å²) in [6, 6.07) is 17.3. The molecule has 0 radical (unpaired) electrons. The van der Waals surface area contributed by atoms with Crippen molar-refractivity contribution in [3.8, 4) is 0 Å². The molecule has 0 saturated carbocycles. The number of hydrogen-bond donors (Lipinski definition) is 1. The minimum Gasteiger partial charge on any atom is -0.274 e. The highest BCUT2D eigenvalue weighted by molar-refractivity contribution is 6.33. The van der Waals surface area contributed by atoms with Crippen LogP contribution in [0.1, 0.15) is 43.8 Å². The number of halogens is 1. The maximum absolute atomic E-state index is 13.5. The molecule has 1 atom stereocenters. The highest BCUT2D eigenvalue weighted by Crippen LogP contribution is 2.28. The summed E-state index contributed by atoms with van der Waals surface area (Å²) in [5.41, 5.74) is 6.00. The van der Waals surface area contributed by atoms with Crippen molar-refractivity contribution in [2.45, 2.75) is 33.2 Å². The minimum absolute atomic E-state index is 0.138. The summed E-state index contributed by atoms with van der Waals surface area (Å²) in [6.07, 6.45) is -0.272. The molecule has 1 aliphatic rings. The lowest BCUT2D eigenvalue weighted by molar-refractivity contribution is -0.122. The van der Waals surface area contributed by atoms with Gasteiger partial charge in [-0.05, 0) is 68.3 Å². The number of amides is 4. The van der Waals surface area contributed by atoms with Crippen LogP contribution in [-0.4, -0.2) is 34.7 Å². The van der Waals surface area contributed by atoms with Crippen molar-refractivity contribution < 1.29 is 19.2 Å². The smallest absolute Gasteiger partial charge is 0.273 e. The zero-order valence-electron chi connectivity index (χ0n) is 19.5. The Kier molecular flexibility index (Phi) is 6.71. The molecule has 1 fully saturated rings. The first-order chi connectivity index (χ1) is 16.7. The van der Waals surface area contributed by atoms with Crippen LogP contribution in [0, 0.1) is 20.8 Å². The fourth-order valence-electron chi connectivity index (χ4n) is 4.17. The number of benzene rings is 3. The van der Waals surface area contributed by atoms with Gasteiger partial charge in [0.05, 0.1) is 22.7 Å². The first kappa shape index (κ1) is 24.2. The van der Waals surface area contributed by atoms with Gasteiger partial charge in [0.1, 0.15) is 6.04 Å². The molecule has 35 heavy (non-hydrogen) atoms. The Morgan fingerprint density at radius 1 is 0.914 bits per heavy atom. The van der Waals surface area contributed by atoms with Gasteiger partial charge in [-0.2, -0.15) is 0 Å². The molecule has 4 amide bonds. The maximum atomic E-state index is 13.5. The minimum atomic E-state index is -1.22. The van der Waals surface area contributed by atoms with Crippen molar-refractivity contribution in [2.24, 2.45) is 0 Å². The van der Waals surface area contributed by atoms with Crippen molar-refractivity contribution >= 4 is 40.9 Å². The van der Waals surface area contributed by atoms with Gasteiger partial charge in [-0.25, -0.2) is 9.91 Å². The molecule has 0 spiro atoms. The molecule has 8 heteroatoms. The molecule has 1 saturated heterocycles. The molecule has 1 heterocycles. The van der Waals surface area contributed by atoms with E-state index in [2.05, 4.69) is 5.43 Å². The number of carbonyl (C=O) groups excluding carboxylic acids is 4. The first-order valence-corrected chi connectivity index (χ1v) is 11.4. The molecule has 1 aliphatic heterocycles. The second-order valence-corrected chi connectivity index (χ2v) is 9.01. The van der Waals surface area contributed by atoms with Crippen LogP contribution in [-0.2, 0) is 9.59 Å². The standard InChI is InChI=1S/C27H24ClN3O4/c1-16-7-6-8-19(12-16)26(34)31(29-25(33)21-9-4-5-10-22(21)28)23-15-24(32)30(27(23)35)20-13-17(2)11-18(3)14-20/h4-14,23H,15H2,1-3H3,(H,29,33). The average molecular weight is 490 g/mol. The molecule has 0 bridgehead atoms. The number of nitrogens with one attached hydrogen (secondary N) is 1. The lowest BCUT2D eigenvalue weighted by Gasteiger charge is -2.28. The van der Waals surface area contributed by atoms with Gasteiger partial charge in [-0.1, -0.05) is 47.5 Å². The Morgan fingerprint density at radius 3 is 2.26 bits per heavy atom. The zero-order chi connectivity index (χ0) is 25.3. The predicted octanol–water partition coefficient (Wildman–Crippen LogP) is 4.38. The van der Waals surface area contributed by atoms with E-state index in [1.54, 1.807) is 48.5 Å². The summed E-state index contributed by atoms with van der Waals surface area (Å²) < 4.78 is 0. The third-order valence-electron chi connectivity index (χ3n) is 5.72. The van der Waals surface area contributed by atoms with Crippen molar-refractivity contribution in [3.05, 3.63) is 99.6 Å². The van der Waals surface area contributed by atoms with E-state index in [1.165, 1.54) is 6.07 Å². The topological polar surface area (TPSA) is 86.8 Å². The number of aryl methyl sites for hydroxylation is 3. The van der Waals surface area contributed by atoms with Crippen LogP contribution in [0.3, 0.4) is 0 Å². The fraction of sp³-hybridized carbons (Fsp3) is 0.185. The van der Waals surface area contributed by atoms with E-state index in [4.69, 9.17) is 11.6 Å². The third kappa shape index (κ3) is 4.95. The molecule has 178 valence electrons. The van der Waals surface area contributed by atoms with Gasteiger partial charge in [0.25, 0.3) is 17.7 Å². The Balaban J connectivity index is 1.72. The molecule has 7 nitrogen and oxygen atoms in total. The van der Waals surface area contributed by atoms with Gasteiger partial charge in [-0.15, -0.1) is 0 Å². The summed E-state index contributed by atoms with van der Waals surface area (Å²) in [5, 5.41) is 1.14. The summed E-state index contributed by atoms with van der Waals surface area (Å²) in [7, 11) is 0. The first-order valence-electron chi connectivity index (χ1n) is 11.1. The Hall–Kier alpha value is -3.97. The molecule has 0 aliphatic carbocycles.